The van der Waals surface area contributed by atoms with Crippen molar-refractivity contribution in [2.45, 2.75) is 19.8 Å². The smallest absolute Gasteiger partial charge is 0.0209 e. The second-order valence-corrected chi connectivity index (χ2v) is 3.78. The molecule has 0 fully saturated rings. The molecular formula is C10H14BrN. The normalized spacial score (nSPS) is 10.2. The van der Waals surface area contributed by atoms with Gasteiger partial charge in [0.2, 0.25) is 0 Å². The first-order valence-electron chi connectivity index (χ1n) is 4.19. The zero-order valence-electron chi connectivity index (χ0n) is 7.31. The van der Waals surface area contributed by atoms with E-state index in [0.717, 1.165) is 19.4 Å². The second-order valence-electron chi connectivity index (χ2n) is 2.93. The highest BCUT2D eigenvalue weighted by Crippen LogP contribution is 2.21. The monoisotopic (exact) mass is 227 g/mol. The summed E-state index contributed by atoms with van der Waals surface area (Å²) in [5.41, 5.74) is 8.20. The van der Waals surface area contributed by atoms with E-state index in [1.54, 1.807) is 0 Å². The van der Waals surface area contributed by atoms with E-state index in [-0.39, 0.29) is 0 Å². The summed E-state index contributed by atoms with van der Waals surface area (Å²) in [4.78, 5) is 0. The highest BCUT2D eigenvalue weighted by atomic mass is 79.9. The van der Waals surface area contributed by atoms with Crippen LogP contribution >= 0.6 is 15.9 Å². The number of aryl methyl sites for hydroxylation is 1. The molecule has 0 heterocycles. The Morgan fingerprint density at radius 2 is 2.17 bits per heavy atom. The van der Waals surface area contributed by atoms with Gasteiger partial charge in [-0.05, 0) is 43.5 Å². The minimum absolute atomic E-state index is 0.765. The topological polar surface area (TPSA) is 26.0 Å². The maximum Gasteiger partial charge on any atom is 0.0209 e. The lowest BCUT2D eigenvalue weighted by molar-refractivity contribution is 0.825. The zero-order valence-corrected chi connectivity index (χ0v) is 8.89. The minimum Gasteiger partial charge on any atom is -0.330 e. The van der Waals surface area contributed by atoms with Gasteiger partial charge in [0.25, 0.3) is 0 Å². The summed E-state index contributed by atoms with van der Waals surface area (Å²) in [6, 6.07) is 6.28. The molecule has 0 saturated heterocycles. The van der Waals surface area contributed by atoms with Crippen LogP contribution in [0.1, 0.15) is 17.5 Å². The van der Waals surface area contributed by atoms with E-state index in [2.05, 4.69) is 41.1 Å². The summed E-state index contributed by atoms with van der Waals surface area (Å²) in [6.07, 6.45) is 2.13. The lowest BCUT2D eigenvalue weighted by Crippen LogP contribution is -2.01. The lowest BCUT2D eigenvalue weighted by atomic mass is 10.0. The van der Waals surface area contributed by atoms with Crippen LogP contribution in [0.3, 0.4) is 0 Å². The third-order valence-electron chi connectivity index (χ3n) is 1.98. The van der Waals surface area contributed by atoms with Crippen molar-refractivity contribution in [1.82, 2.24) is 0 Å². The minimum atomic E-state index is 0.765. The maximum atomic E-state index is 5.46. The van der Waals surface area contributed by atoms with Crippen molar-refractivity contribution >= 4 is 15.9 Å². The Morgan fingerprint density at radius 1 is 1.42 bits per heavy atom. The second kappa shape index (κ2) is 4.63. The average molecular weight is 228 g/mol. The first-order chi connectivity index (χ1) is 5.75. The number of nitrogens with two attached hydrogens (primary N) is 1. The molecule has 0 radical (unpaired) electrons. The van der Waals surface area contributed by atoms with Gasteiger partial charge in [0.1, 0.15) is 0 Å². The van der Waals surface area contributed by atoms with Crippen LogP contribution in [-0.4, -0.2) is 6.54 Å². The Hall–Kier alpha value is -0.340. The Morgan fingerprint density at radius 3 is 2.75 bits per heavy atom. The van der Waals surface area contributed by atoms with Gasteiger partial charge in [-0.15, -0.1) is 0 Å². The molecule has 0 unspecified atom stereocenters. The molecule has 1 aromatic carbocycles. The predicted molar refractivity (Wildman–Crippen MR) is 56.3 cm³/mol. The van der Waals surface area contributed by atoms with Crippen molar-refractivity contribution in [2.75, 3.05) is 6.54 Å². The van der Waals surface area contributed by atoms with Gasteiger partial charge in [-0.3, -0.25) is 0 Å². The Labute approximate surface area is 82.1 Å². The van der Waals surface area contributed by atoms with Gasteiger partial charge < -0.3 is 5.73 Å². The van der Waals surface area contributed by atoms with Crippen molar-refractivity contribution in [3.63, 3.8) is 0 Å². The molecule has 0 aliphatic heterocycles. The molecule has 0 atom stereocenters. The Balaban J connectivity index is 2.81. The molecule has 0 aliphatic rings. The molecule has 1 aromatic rings. The van der Waals surface area contributed by atoms with E-state index in [4.69, 9.17) is 5.73 Å². The van der Waals surface area contributed by atoms with Crippen LogP contribution in [-0.2, 0) is 6.42 Å². The van der Waals surface area contributed by atoms with E-state index in [0.29, 0.717) is 0 Å². The van der Waals surface area contributed by atoms with Gasteiger partial charge in [0.05, 0.1) is 0 Å². The van der Waals surface area contributed by atoms with Crippen LogP contribution in [0.25, 0.3) is 0 Å². The molecule has 1 rings (SSSR count). The highest BCUT2D eigenvalue weighted by molar-refractivity contribution is 9.10. The van der Waals surface area contributed by atoms with Crippen LogP contribution in [0.15, 0.2) is 22.7 Å². The van der Waals surface area contributed by atoms with Crippen LogP contribution in [0, 0.1) is 6.92 Å². The van der Waals surface area contributed by atoms with E-state index < -0.39 is 0 Å². The summed E-state index contributed by atoms with van der Waals surface area (Å²) in [5.74, 6) is 0. The Kier molecular flexibility index (Phi) is 3.76. The maximum absolute atomic E-state index is 5.46. The number of hydrogen-bond donors (Lipinski definition) is 1. The van der Waals surface area contributed by atoms with Crippen molar-refractivity contribution in [3.8, 4) is 0 Å². The number of rotatable bonds is 3. The summed E-state index contributed by atoms with van der Waals surface area (Å²) >= 11 is 3.54. The SMILES string of the molecule is Cc1cccc(Br)c1CCCN. The molecule has 66 valence electrons. The molecule has 0 aromatic heterocycles. The van der Waals surface area contributed by atoms with Gasteiger partial charge >= 0.3 is 0 Å². The summed E-state index contributed by atoms with van der Waals surface area (Å²) < 4.78 is 1.20. The van der Waals surface area contributed by atoms with Gasteiger partial charge in [-0.25, -0.2) is 0 Å². The van der Waals surface area contributed by atoms with Crippen molar-refractivity contribution in [1.29, 1.82) is 0 Å². The first kappa shape index (κ1) is 9.75. The van der Waals surface area contributed by atoms with Crippen molar-refractivity contribution < 1.29 is 0 Å². The quantitative estimate of drug-likeness (QED) is 0.845. The van der Waals surface area contributed by atoms with Crippen molar-refractivity contribution in [3.05, 3.63) is 33.8 Å². The molecular weight excluding hydrogens is 214 g/mol. The average Bonchev–Trinajstić information content (AvgIpc) is 2.04. The fraction of sp³-hybridized carbons (Fsp3) is 0.400. The van der Waals surface area contributed by atoms with E-state index in [9.17, 15) is 0 Å². The fourth-order valence-electron chi connectivity index (χ4n) is 1.26. The van der Waals surface area contributed by atoms with Crippen LogP contribution in [0.5, 0.6) is 0 Å². The fourth-order valence-corrected chi connectivity index (χ4v) is 1.93. The number of hydrogen-bond acceptors (Lipinski definition) is 1. The summed E-state index contributed by atoms with van der Waals surface area (Å²) in [6.45, 7) is 2.90. The molecule has 0 aliphatic carbocycles. The predicted octanol–water partition coefficient (Wildman–Crippen LogP) is 2.65. The molecule has 0 bridgehead atoms. The van der Waals surface area contributed by atoms with Crippen molar-refractivity contribution in [2.24, 2.45) is 5.73 Å². The third-order valence-corrected chi connectivity index (χ3v) is 2.73. The molecule has 1 nitrogen and oxygen atoms in total. The largest absolute Gasteiger partial charge is 0.330 e. The molecule has 2 N–H and O–H groups in total. The number of halogens is 1. The van der Waals surface area contributed by atoms with Crippen LogP contribution in [0.2, 0.25) is 0 Å². The van der Waals surface area contributed by atoms with Gasteiger partial charge in [-0.1, -0.05) is 28.1 Å². The number of benzene rings is 1. The van der Waals surface area contributed by atoms with E-state index in [1.165, 1.54) is 15.6 Å². The highest BCUT2D eigenvalue weighted by Gasteiger charge is 2.01. The lowest BCUT2D eigenvalue weighted by Gasteiger charge is -2.06. The molecule has 0 amide bonds. The first-order valence-corrected chi connectivity index (χ1v) is 4.99. The molecule has 0 spiro atoms. The molecule has 12 heavy (non-hydrogen) atoms. The standard InChI is InChI=1S/C10H14BrN/c1-8-4-2-6-10(11)9(8)5-3-7-12/h2,4,6H,3,5,7,12H2,1H3. The van der Waals surface area contributed by atoms with Gasteiger partial charge in [-0.2, -0.15) is 0 Å². The molecule has 0 saturated carbocycles. The van der Waals surface area contributed by atoms with Gasteiger partial charge in [0.15, 0.2) is 0 Å². The van der Waals surface area contributed by atoms with E-state index >= 15 is 0 Å². The van der Waals surface area contributed by atoms with E-state index in [1.807, 2.05) is 0 Å². The summed E-state index contributed by atoms with van der Waals surface area (Å²) in [5, 5.41) is 0. The van der Waals surface area contributed by atoms with Crippen LogP contribution < -0.4 is 5.73 Å². The van der Waals surface area contributed by atoms with Crippen LogP contribution in [0.4, 0.5) is 0 Å². The van der Waals surface area contributed by atoms with Gasteiger partial charge in [0, 0.05) is 4.47 Å². The Bertz CT molecular complexity index is 238. The third kappa shape index (κ3) is 2.32. The zero-order chi connectivity index (χ0) is 8.97. The summed E-state index contributed by atoms with van der Waals surface area (Å²) in [7, 11) is 0. The molecule has 2 heteroatoms.